The fourth-order valence-electron chi connectivity index (χ4n) is 3.32. The number of hydrogen-bond donors (Lipinski definition) is 1. The first kappa shape index (κ1) is 14.7. The standard InChI is InChI=1S/C17H25NO3/c1-17(9-4-10-18-17)14-5-3-6-15(19-2)16(14)21-13-7-11-20-12-8-13/h3,5-6,13,18H,4,7-12H2,1-2H3. The van der Waals surface area contributed by atoms with Gasteiger partial charge in [0, 0.05) is 23.9 Å². The number of benzene rings is 1. The maximum absolute atomic E-state index is 6.34. The number of methoxy groups -OCH3 is 1. The van der Waals surface area contributed by atoms with Gasteiger partial charge in [-0.05, 0) is 32.4 Å². The van der Waals surface area contributed by atoms with Gasteiger partial charge in [-0.2, -0.15) is 0 Å². The molecule has 116 valence electrons. The molecule has 1 N–H and O–H groups in total. The molecule has 2 fully saturated rings. The van der Waals surface area contributed by atoms with Crippen molar-refractivity contribution in [2.24, 2.45) is 0 Å². The summed E-state index contributed by atoms with van der Waals surface area (Å²) >= 11 is 0. The van der Waals surface area contributed by atoms with Crippen molar-refractivity contribution in [3.63, 3.8) is 0 Å². The van der Waals surface area contributed by atoms with Crippen molar-refractivity contribution in [2.45, 2.75) is 44.2 Å². The molecule has 0 amide bonds. The van der Waals surface area contributed by atoms with Crippen LogP contribution in [0.5, 0.6) is 11.5 Å². The van der Waals surface area contributed by atoms with E-state index in [0.29, 0.717) is 0 Å². The monoisotopic (exact) mass is 291 g/mol. The second-order valence-electron chi connectivity index (χ2n) is 6.13. The average Bonchev–Trinajstić information content (AvgIpc) is 2.96. The Bertz CT molecular complexity index is 477. The first-order chi connectivity index (χ1) is 10.2. The number of ether oxygens (including phenoxy) is 3. The lowest BCUT2D eigenvalue weighted by Crippen LogP contribution is -2.34. The van der Waals surface area contributed by atoms with Gasteiger partial charge in [0.25, 0.3) is 0 Å². The lowest BCUT2D eigenvalue weighted by Gasteiger charge is -2.31. The first-order valence-corrected chi connectivity index (χ1v) is 7.90. The van der Waals surface area contributed by atoms with E-state index in [1.54, 1.807) is 7.11 Å². The molecule has 1 unspecified atom stereocenters. The zero-order chi connectivity index (χ0) is 14.7. The van der Waals surface area contributed by atoms with Crippen molar-refractivity contribution in [1.29, 1.82) is 0 Å². The fraction of sp³-hybridized carbons (Fsp3) is 0.647. The Kier molecular flexibility index (Phi) is 4.36. The van der Waals surface area contributed by atoms with Crippen LogP contribution in [0, 0.1) is 0 Å². The Morgan fingerprint density at radius 1 is 1.29 bits per heavy atom. The Hall–Kier alpha value is -1.26. The van der Waals surface area contributed by atoms with E-state index in [9.17, 15) is 0 Å². The third-order valence-electron chi connectivity index (χ3n) is 4.61. The zero-order valence-corrected chi connectivity index (χ0v) is 13.0. The van der Waals surface area contributed by atoms with Crippen LogP contribution in [0.3, 0.4) is 0 Å². The Balaban J connectivity index is 1.91. The summed E-state index contributed by atoms with van der Waals surface area (Å²) in [6.07, 6.45) is 4.44. The summed E-state index contributed by atoms with van der Waals surface area (Å²) in [7, 11) is 1.71. The minimum atomic E-state index is -0.0188. The van der Waals surface area contributed by atoms with Crippen molar-refractivity contribution >= 4 is 0 Å². The molecule has 2 aliphatic heterocycles. The van der Waals surface area contributed by atoms with Gasteiger partial charge in [-0.1, -0.05) is 12.1 Å². The predicted octanol–water partition coefficient (Wildman–Crippen LogP) is 2.85. The normalized spacial score (nSPS) is 26.8. The van der Waals surface area contributed by atoms with E-state index >= 15 is 0 Å². The molecule has 2 saturated heterocycles. The molecule has 1 atom stereocenters. The maximum atomic E-state index is 6.34. The van der Waals surface area contributed by atoms with Crippen molar-refractivity contribution in [2.75, 3.05) is 26.9 Å². The van der Waals surface area contributed by atoms with Crippen LogP contribution in [-0.4, -0.2) is 33.0 Å². The lowest BCUT2D eigenvalue weighted by molar-refractivity contribution is 0.0236. The molecule has 1 aromatic rings. The molecule has 0 aliphatic carbocycles. The second-order valence-corrected chi connectivity index (χ2v) is 6.13. The molecule has 1 aromatic carbocycles. The van der Waals surface area contributed by atoms with Crippen LogP contribution in [0.25, 0.3) is 0 Å². The van der Waals surface area contributed by atoms with Gasteiger partial charge in [0.2, 0.25) is 0 Å². The maximum Gasteiger partial charge on any atom is 0.166 e. The van der Waals surface area contributed by atoms with Gasteiger partial charge in [0.15, 0.2) is 11.5 Å². The summed E-state index contributed by atoms with van der Waals surface area (Å²) in [5, 5.41) is 3.62. The highest BCUT2D eigenvalue weighted by Crippen LogP contribution is 2.42. The van der Waals surface area contributed by atoms with Crippen LogP contribution in [0.15, 0.2) is 18.2 Å². The molecule has 3 rings (SSSR count). The van der Waals surface area contributed by atoms with Gasteiger partial charge >= 0.3 is 0 Å². The minimum Gasteiger partial charge on any atom is -0.493 e. The molecule has 0 bridgehead atoms. The molecule has 0 saturated carbocycles. The van der Waals surface area contributed by atoms with Crippen LogP contribution < -0.4 is 14.8 Å². The predicted molar refractivity (Wildman–Crippen MR) is 82.1 cm³/mol. The van der Waals surface area contributed by atoms with E-state index in [0.717, 1.165) is 50.5 Å². The third kappa shape index (κ3) is 3.01. The van der Waals surface area contributed by atoms with Crippen LogP contribution in [0.1, 0.15) is 38.2 Å². The molecular weight excluding hydrogens is 266 g/mol. The summed E-state index contributed by atoms with van der Waals surface area (Å²) in [6, 6.07) is 6.20. The van der Waals surface area contributed by atoms with Crippen molar-refractivity contribution < 1.29 is 14.2 Å². The molecule has 2 heterocycles. The fourth-order valence-corrected chi connectivity index (χ4v) is 3.32. The molecule has 0 spiro atoms. The highest BCUT2D eigenvalue weighted by Gasteiger charge is 2.34. The summed E-state index contributed by atoms with van der Waals surface area (Å²) in [4.78, 5) is 0. The van der Waals surface area contributed by atoms with Gasteiger partial charge in [0.05, 0.1) is 20.3 Å². The van der Waals surface area contributed by atoms with Crippen LogP contribution >= 0.6 is 0 Å². The van der Waals surface area contributed by atoms with Gasteiger partial charge in [-0.15, -0.1) is 0 Å². The smallest absolute Gasteiger partial charge is 0.166 e. The van der Waals surface area contributed by atoms with E-state index in [1.165, 1.54) is 12.0 Å². The summed E-state index contributed by atoms with van der Waals surface area (Å²) in [5.41, 5.74) is 1.19. The van der Waals surface area contributed by atoms with E-state index < -0.39 is 0 Å². The van der Waals surface area contributed by atoms with E-state index in [4.69, 9.17) is 14.2 Å². The van der Waals surface area contributed by atoms with Crippen LogP contribution in [0.2, 0.25) is 0 Å². The highest BCUT2D eigenvalue weighted by molar-refractivity contribution is 5.50. The Morgan fingerprint density at radius 2 is 2.10 bits per heavy atom. The molecule has 21 heavy (non-hydrogen) atoms. The van der Waals surface area contributed by atoms with Crippen molar-refractivity contribution in [3.8, 4) is 11.5 Å². The van der Waals surface area contributed by atoms with E-state index in [2.05, 4.69) is 24.4 Å². The third-order valence-corrected chi connectivity index (χ3v) is 4.61. The summed E-state index contributed by atoms with van der Waals surface area (Å²) in [5.74, 6) is 1.73. The topological polar surface area (TPSA) is 39.7 Å². The largest absolute Gasteiger partial charge is 0.493 e. The lowest BCUT2D eigenvalue weighted by atomic mass is 9.89. The van der Waals surface area contributed by atoms with Crippen LogP contribution in [0.4, 0.5) is 0 Å². The van der Waals surface area contributed by atoms with Crippen molar-refractivity contribution in [1.82, 2.24) is 5.32 Å². The number of para-hydroxylation sites is 1. The quantitative estimate of drug-likeness (QED) is 0.926. The Labute approximate surface area is 126 Å². The Morgan fingerprint density at radius 3 is 2.76 bits per heavy atom. The van der Waals surface area contributed by atoms with Crippen LogP contribution in [-0.2, 0) is 10.3 Å². The van der Waals surface area contributed by atoms with Gasteiger partial charge in [-0.3, -0.25) is 0 Å². The molecule has 2 aliphatic rings. The van der Waals surface area contributed by atoms with Crippen molar-refractivity contribution in [3.05, 3.63) is 23.8 Å². The highest BCUT2D eigenvalue weighted by atomic mass is 16.5. The molecule has 0 radical (unpaired) electrons. The SMILES string of the molecule is COc1cccc(C2(C)CCCN2)c1OC1CCOCC1. The number of rotatable bonds is 4. The molecular formula is C17H25NO3. The number of nitrogens with one attached hydrogen (secondary N) is 1. The number of hydrogen-bond acceptors (Lipinski definition) is 4. The minimum absolute atomic E-state index is 0.0188. The van der Waals surface area contributed by atoms with Gasteiger partial charge in [-0.25, -0.2) is 0 Å². The molecule has 4 nitrogen and oxygen atoms in total. The zero-order valence-electron chi connectivity index (χ0n) is 13.0. The molecule has 0 aromatic heterocycles. The second kappa shape index (κ2) is 6.24. The summed E-state index contributed by atoms with van der Waals surface area (Å²) < 4.78 is 17.3. The van der Waals surface area contributed by atoms with E-state index in [1.807, 2.05) is 6.07 Å². The first-order valence-electron chi connectivity index (χ1n) is 7.90. The molecule has 4 heteroatoms. The van der Waals surface area contributed by atoms with Gasteiger partial charge in [0.1, 0.15) is 6.10 Å². The van der Waals surface area contributed by atoms with E-state index in [-0.39, 0.29) is 11.6 Å². The van der Waals surface area contributed by atoms with Gasteiger partial charge < -0.3 is 19.5 Å². The average molecular weight is 291 g/mol. The summed E-state index contributed by atoms with van der Waals surface area (Å²) in [6.45, 7) is 4.88.